The third-order valence-electron chi connectivity index (χ3n) is 3.16. The van der Waals surface area contributed by atoms with Gasteiger partial charge >= 0.3 is 0 Å². The lowest BCUT2D eigenvalue weighted by atomic mass is 10.3. The number of imidazole rings is 1. The van der Waals surface area contributed by atoms with Crippen molar-refractivity contribution in [2.45, 2.75) is 12.4 Å². The lowest BCUT2D eigenvalue weighted by Gasteiger charge is -2.07. The van der Waals surface area contributed by atoms with E-state index in [1.54, 1.807) is 17.4 Å². The number of hydrogen-bond donors (Lipinski definition) is 0. The smallest absolute Gasteiger partial charge is 0.167 e. The fourth-order valence-corrected chi connectivity index (χ4v) is 3.88. The molecule has 0 amide bonds. The predicted molar refractivity (Wildman–Crippen MR) is 86.9 cm³/mol. The fraction of sp³-hybridized carbons (Fsp3) is 0.214. The summed E-state index contributed by atoms with van der Waals surface area (Å²) < 4.78 is 21.9. The van der Waals surface area contributed by atoms with E-state index in [-0.39, 0.29) is 11.6 Å². The molecule has 0 spiro atoms. The number of fused-ring (bicyclic) bond motifs is 1. The van der Waals surface area contributed by atoms with Crippen molar-refractivity contribution in [2.24, 2.45) is 0 Å². The van der Waals surface area contributed by atoms with Crippen molar-refractivity contribution >= 4 is 49.9 Å². The normalized spacial score (nSPS) is 11.2. The molecule has 0 N–H and O–H groups in total. The largest absolute Gasteiger partial charge is 0.494 e. The van der Waals surface area contributed by atoms with E-state index in [2.05, 4.69) is 20.9 Å². The Labute approximate surface area is 138 Å². The molecule has 1 aromatic carbocycles. The van der Waals surface area contributed by atoms with Gasteiger partial charge < -0.3 is 9.30 Å². The summed E-state index contributed by atoms with van der Waals surface area (Å²) in [5, 5.41) is 0. The van der Waals surface area contributed by atoms with Crippen molar-refractivity contribution < 1.29 is 9.13 Å². The Kier molecular flexibility index (Phi) is 4.19. The Balaban J connectivity index is 2.14. The van der Waals surface area contributed by atoms with Crippen LogP contribution >= 0.6 is 38.9 Å². The van der Waals surface area contributed by atoms with E-state index in [1.807, 2.05) is 16.7 Å². The van der Waals surface area contributed by atoms with Crippen LogP contribution in [0.1, 0.15) is 10.7 Å². The minimum Gasteiger partial charge on any atom is -0.494 e. The standard InChI is InChI=1S/C14H11BrClFN2OS/c1-20-12-5-11-10(4-9(12)17)18-14(6-16)19(11)7-8-2-3-13(15)21-8/h2-5H,6-7H2,1H3. The van der Waals surface area contributed by atoms with Gasteiger partial charge in [0.25, 0.3) is 0 Å². The summed E-state index contributed by atoms with van der Waals surface area (Å²) in [5.74, 6) is 0.765. The van der Waals surface area contributed by atoms with Crippen LogP contribution in [0.4, 0.5) is 4.39 Å². The number of methoxy groups -OCH3 is 1. The summed E-state index contributed by atoms with van der Waals surface area (Å²) in [6, 6.07) is 7.08. The quantitative estimate of drug-likeness (QED) is 0.600. The first-order valence-corrected chi connectivity index (χ1v) is 8.29. The van der Waals surface area contributed by atoms with Gasteiger partial charge in [-0.1, -0.05) is 0 Å². The number of ether oxygens (including phenoxy) is 1. The molecular formula is C14H11BrClFN2OS. The molecule has 21 heavy (non-hydrogen) atoms. The van der Waals surface area contributed by atoms with E-state index in [0.717, 1.165) is 14.2 Å². The molecule has 0 aliphatic heterocycles. The predicted octanol–water partition coefficient (Wildman–Crippen LogP) is 4.80. The number of nitrogens with zero attached hydrogens (tertiary/aromatic N) is 2. The molecule has 0 atom stereocenters. The van der Waals surface area contributed by atoms with Gasteiger partial charge in [-0.25, -0.2) is 9.37 Å². The average molecular weight is 390 g/mol. The van der Waals surface area contributed by atoms with E-state index < -0.39 is 5.82 Å². The second-order valence-corrected chi connectivity index (χ2v) is 7.24. The Morgan fingerprint density at radius 1 is 1.43 bits per heavy atom. The second kappa shape index (κ2) is 5.94. The summed E-state index contributed by atoms with van der Waals surface area (Å²) in [6.07, 6.45) is 0. The number of hydrogen-bond acceptors (Lipinski definition) is 3. The van der Waals surface area contributed by atoms with Gasteiger partial charge in [0, 0.05) is 17.0 Å². The van der Waals surface area contributed by atoms with Crippen LogP contribution in [0, 0.1) is 5.82 Å². The van der Waals surface area contributed by atoms with Gasteiger partial charge in [-0.3, -0.25) is 0 Å². The lowest BCUT2D eigenvalue weighted by molar-refractivity contribution is 0.387. The van der Waals surface area contributed by atoms with Crippen LogP contribution in [0.3, 0.4) is 0 Å². The average Bonchev–Trinajstić information content (AvgIpc) is 3.02. The summed E-state index contributed by atoms with van der Waals surface area (Å²) >= 11 is 11.1. The monoisotopic (exact) mass is 388 g/mol. The molecule has 0 fully saturated rings. The highest BCUT2D eigenvalue weighted by Gasteiger charge is 2.15. The van der Waals surface area contributed by atoms with E-state index >= 15 is 0 Å². The van der Waals surface area contributed by atoms with Gasteiger partial charge in [-0.05, 0) is 28.1 Å². The molecule has 0 saturated heterocycles. The summed E-state index contributed by atoms with van der Waals surface area (Å²) in [5.41, 5.74) is 1.40. The van der Waals surface area contributed by atoms with Crippen LogP contribution in [0.15, 0.2) is 28.1 Å². The van der Waals surface area contributed by atoms with Gasteiger partial charge in [0.2, 0.25) is 0 Å². The number of rotatable bonds is 4. The molecular weight excluding hydrogens is 379 g/mol. The molecule has 0 unspecified atom stereocenters. The Hall–Kier alpha value is -1.11. The first-order valence-electron chi connectivity index (χ1n) is 6.15. The molecule has 2 heterocycles. The van der Waals surface area contributed by atoms with Crippen molar-refractivity contribution in [2.75, 3.05) is 7.11 Å². The molecule has 3 rings (SSSR count). The van der Waals surface area contributed by atoms with Gasteiger partial charge in [0.1, 0.15) is 5.82 Å². The van der Waals surface area contributed by atoms with Crippen molar-refractivity contribution in [1.29, 1.82) is 0 Å². The topological polar surface area (TPSA) is 27.1 Å². The lowest BCUT2D eigenvalue weighted by Crippen LogP contribution is -2.02. The minimum absolute atomic E-state index is 0.206. The van der Waals surface area contributed by atoms with Crippen LogP contribution in [0.2, 0.25) is 0 Å². The molecule has 3 aromatic rings. The van der Waals surface area contributed by atoms with E-state index in [4.69, 9.17) is 16.3 Å². The van der Waals surface area contributed by atoms with E-state index in [1.165, 1.54) is 13.2 Å². The Morgan fingerprint density at radius 2 is 2.24 bits per heavy atom. The Morgan fingerprint density at radius 3 is 2.86 bits per heavy atom. The van der Waals surface area contributed by atoms with Crippen molar-refractivity contribution in [1.82, 2.24) is 9.55 Å². The maximum Gasteiger partial charge on any atom is 0.167 e. The van der Waals surface area contributed by atoms with Crippen LogP contribution in [0.25, 0.3) is 11.0 Å². The number of halogens is 3. The SMILES string of the molecule is COc1cc2c(cc1F)nc(CCl)n2Cc1ccc(Br)s1. The van der Waals surface area contributed by atoms with Crippen molar-refractivity contribution in [3.8, 4) is 5.75 Å². The zero-order valence-corrected chi connectivity index (χ0v) is 14.2. The number of benzene rings is 1. The molecule has 7 heteroatoms. The first kappa shape index (κ1) is 14.8. The first-order chi connectivity index (χ1) is 10.1. The third-order valence-corrected chi connectivity index (χ3v) is 5.01. The molecule has 0 bridgehead atoms. The molecule has 3 nitrogen and oxygen atoms in total. The number of alkyl halides is 1. The van der Waals surface area contributed by atoms with Gasteiger partial charge in [-0.2, -0.15) is 0 Å². The molecule has 0 saturated carbocycles. The van der Waals surface area contributed by atoms with E-state index in [9.17, 15) is 4.39 Å². The summed E-state index contributed by atoms with van der Waals surface area (Å²) in [6.45, 7) is 0.642. The van der Waals surface area contributed by atoms with E-state index in [0.29, 0.717) is 17.9 Å². The molecule has 0 aliphatic rings. The van der Waals surface area contributed by atoms with Gasteiger partial charge in [0.15, 0.2) is 11.6 Å². The zero-order valence-electron chi connectivity index (χ0n) is 11.1. The highest BCUT2D eigenvalue weighted by atomic mass is 79.9. The van der Waals surface area contributed by atoms with Crippen LogP contribution in [-0.4, -0.2) is 16.7 Å². The highest BCUT2D eigenvalue weighted by molar-refractivity contribution is 9.11. The molecule has 0 aliphatic carbocycles. The zero-order chi connectivity index (χ0) is 15.0. The van der Waals surface area contributed by atoms with Gasteiger partial charge in [-0.15, -0.1) is 22.9 Å². The molecule has 0 radical (unpaired) electrons. The molecule has 2 aromatic heterocycles. The fourth-order valence-electron chi connectivity index (χ4n) is 2.20. The van der Waals surface area contributed by atoms with Crippen molar-refractivity contribution in [3.05, 3.63) is 44.6 Å². The van der Waals surface area contributed by atoms with Crippen LogP contribution in [-0.2, 0) is 12.4 Å². The highest BCUT2D eigenvalue weighted by Crippen LogP contribution is 2.29. The van der Waals surface area contributed by atoms with Gasteiger partial charge in [0.05, 0.1) is 34.4 Å². The third kappa shape index (κ3) is 2.80. The summed E-state index contributed by atoms with van der Waals surface area (Å²) in [7, 11) is 1.45. The minimum atomic E-state index is -0.422. The number of thiophene rings is 1. The van der Waals surface area contributed by atoms with Crippen LogP contribution in [0.5, 0.6) is 5.75 Å². The van der Waals surface area contributed by atoms with Crippen LogP contribution < -0.4 is 4.74 Å². The van der Waals surface area contributed by atoms with Crippen molar-refractivity contribution in [3.63, 3.8) is 0 Å². The molecule has 110 valence electrons. The summed E-state index contributed by atoms with van der Waals surface area (Å²) in [4.78, 5) is 5.56. The Bertz CT molecular complexity index is 802. The number of aromatic nitrogens is 2. The maximum atomic E-state index is 13.8. The maximum absolute atomic E-state index is 13.8. The second-order valence-electron chi connectivity index (χ2n) is 4.43.